The highest BCUT2D eigenvalue weighted by Crippen LogP contribution is 2.28. The molecule has 15 heavy (non-hydrogen) atoms. The Morgan fingerprint density at radius 3 is 2.73 bits per heavy atom. The summed E-state index contributed by atoms with van der Waals surface area (Å²) in [5, 5.41) is 0. The quantitative estimate of drug-likeness (QED) is 0.803. The van der Waals surface area contributed by atoms with Crippen molar-refractivity contribution in [3.63, 3.8) is 0 Å². The Hall–Kier alpha value is -1.16. The summed E-state index contributed by atoms with van der Waals surface area (Å²) in [7, 11) is 2.07. The van der Waals surface area contributed by atoms with Gasteiger partial charge in [-0.25, -0.2) is 4.98 Å². The minimum Gasteiger partial charge on any atom is -0.358 e. The van der Waals surface area contributed by atoms with Gasteiger partial charge in [0.15, 0.2) is 5.82 Å². The van der Waals surface area contributed by atoms with Gasteiger partial charge in [-0.3, -0.25) is 4.98 Å². The van der Waals surface area contributed by atoms with Gasteiger partial charge in [0, 0.05) is 32.5 Å². The first-order valence-corrected chi connectivity index (χ1v) is 5.52. The average molecular weight is 206 g/mol. The lowest BCUT2D eigenvalue weighted by Crippen LogP contribution is -2.31. The normalized spacial score (nSPS) is 16.1. The predicted molar refractivity (Wildman–Crippen MR) is 60.5 cm³/mol. The van der Waals surface area contributed by atoms with Crippen molar-refractivity contribution in [1.82, 2.24) is 9.97 Å². The molecule has 0 aliphatic heterocycles. The van der Waals surface area contributed by atoms with Gasteiger partial charge in [-0.2, -0.15) is 0 Å². The molecule has 1 aliphatic rings. The molecule has 0 radical (unpaired) electrons. The van der Waals surface area contributed by atoms with E-state index in [9.17, 15) is 0 Å². The molecule has 82 valence electrons. The molecule has 0 spiro atoms. The largest absolute Gasteiger partial charge is 0.358 e. The van der Waals surface area contributed by atoms with Crippen LogP contribution in [0.25, 0.3) is 0 Å². The SMILES string of the molecule is CN(CC1CCC1)c1nccnc1CN. The minimum atomic E-state index is 0.457. The van der Waals surface area contributed by atoms with Gasteiger partial charge in [0.05, 0.1) is 5.69 Å². The maximum atomic E-state index is 5.64. The molecule has 4 nitrogen and oxygen atoms in total. The summed E-state index contributed by atoms with van der Waals surface area (Å²) in [5.41, 5.74) is 6.52. The molecular weight excluding hydrogens is 188 g/mol. The predicted octanol–water partition coefficient (Wildman–Crippen LogP) is 1.17. The summed E-state index contributed by atoms with van der Waals surface area (Å²) in [6.45, 7) is 1.53. The molecule has 1 heterocycles. The third-order valence-electron chi connectivity index (χ3n) is 3.06. The lowest BCUT2D eigenvalue weighted by Gasteiger charge is -2.31. The highest BCUT2D eigenvalue weighted by atomic mass is 15.2. The average Bonchev–Trinajstić information content (AvgIpc) is 2.23. The first-order chi connectivity index (χ1) is 7.31. The Bertz CT molecular complexity index is 322. The summed E-state index contributed by atoms with van der Waals surface area (Å²) in [4.78, 5) is 10.8. The van der Waals surface area contributed by atoms with Gasteiger partial charge in [-0.15, -0.1) is 0 Å². The van der Waals surface area contributed by atoms with Crippen LogP contribution in [0.2, 0.25) is 0 Å². The van der Waals surface area contributed by atoms with Gasteiger partial charge >= 0.3 is 0 Å². The van der Waals surface area contributed by atoms with Crippen LogP contribution in [0, 0.1) is 5.92 Å². The topological polar surface area (TPSA) is 55.0 Å². The Morgan fingerprint density at radius 1 is 1.40 bits per heavy atom. The van der Waals surface area contributed by atoms with Crippen LogP contribution < -0.4 is 10.6 Å². The van der Waals surface area contributed by atoms with Gasteiger partial charge in [0.1, 0.15) is 0 Å². The Morgan fingerprint density at radius 2 is 2.13 bits per heavy atom. The standard InChI is InChI=1S/C11H18N4/c1-15(8-9-3-2-4-9)11-10(7-12)13-5-6-14-11/h5-6,9H,2-4,7-8,12H2,1H3. The molecule has 0 unspecified atom stereocenters. The van der Waals surface area contributed by atoms with E-state index < -0.39 is 0 Å². The zero-order valence-electron chi connectivity index (χ0n) is 9.19. The molecular formula is C11H18N4. The maximum absolute atomic E-state index is 5.64. The van der Waals surface area contributed by atoms with E-state index in [2.05, 4.69) is 21.9 Å². The van der Waals surface area contributed by atoms with Crippen molar-refractivity contribution in [3.05, 3.63) is 18.1 Å². The molecule has 2 rings (SSSR count). The molecule has 4 heteroatoms. The molecule has 0 aromatic carbocycles. The molecule has 0 bridgehead atoms. The molecule has 1 saturated carbocycles. The molecule has 1 aromatic heterocycles. The number of hydrogen-bond donors (Lipinski definition) is 1. The number of aromatic nitrogens is 2. The van der Waals surface area contributed by atoms with Crippen LogP contribution in [0.5, 0.6) is 0 Å². The van der Waals surface area contributed by atoms with E-state index in [1.807, 2.05) is 0 Å². The van der Waals surface area contributed by atoms with Crippen molar-refractivity contribution in [1.29, 1.82) is 0 Å². The number of nitrogens with zero attached hydrogens (tertiary/aromatic N) is 3. The molecule has 0 atom stereocenters. The highest BCUT2D eigenvalue weighted by Gasteiger charge is 2.20. The highest BCUT2D eigenvalue weighted by molar-refractivity contribution is 5.42. The van der Waals surface area contributed by atoms with Crippen LogP contribution in [0.15, 0.2) is 12.4 Å². The summed E-state index contributed by atoms with van der Waals surface area (Å²) in [6.07, 6.45) is 7.50. The molecule has 1 aliphatic carbocycles. The summed E-state index contributed by atoms with van der Waals surface area (Å²) >= 11 is 0. The summed E-state index contributed by atoms with van der Waals surface area (Å²) in [5.74, 6) is 1.77. The van der Waals surface area contributed by atoms with E-state index in [1.165, 1.54) is 19.3 Å². The number of rotatable bonds is 4. The van der Waals surface area contributed by atoms with Gasteiger partial charge in [0.2, 0.25) is 0 Å². The van der Waals surface area contributed by atoms with E-state index in [1.54, 1.807) is 12.4 Å². The lowest BCUT2D eigenvalue weighted by atomic mass is 9.85. The second-order valence-corrected chi connectivity index (χ2v) is 4.21. The smallest absolute Gasteiger partial charge is 0.151 e. The number of nitrogens with two attached hydrogens (primary N) is 1. The van der Waals surface area contributed by atoms with Crippen molar-refractivity contribution >= 4 is 5.82 Å². The van der Waals surface area contributed by atoms with Crippen molar-refractivity contribution in [3.8, 4) is 0 Å². The molecule has 0 amide bonds. The fourth-order valence-electron chi connectivity index (χ4n) is 1.97. The summed E-state index contributed by atoms with van der Waals surface area (Å²) < 4.78 is 0. The molecule has 2 N–H and O–H groups in total. The third kappa shape index (κ3) is 2.26. The van der Waals surface area contributed by atoms with Crippen molar-refractivity contribution in [2.75, 3.05) is 18.5 Å². The van der Waals surface area contributed by atoms with Gasteiger partial charge in [-0.1, -0.05) is 6.42 Å². The first kappa shape index (κ1) is 10.4. The second-order valence-electron chi connectivity index (χ2n) is 4.21. The molecule has 1 aromatic rings. The van der Waals surface area contributed by atoms with E-state index in [-0.39, 0.29) is 0 Å². The second kappa shape index (κ2) is 4.57. The van der Waals surface area contributed by atoms with Crippen LogP contribution in [-0.4, -0.2) is 23.6 Å². The fourth-order valence-corrected chi connectivity index (χ4v) is 1.97. The number of hydrogen-bond acceptors (Lipinski definition) is 4. The van der Waals surface area contributed by atoms with Crippen LogP contribution in [0.3, 0.4) is 0 Å². The first-order valence-electron chi connectivity index (χ1n) is 5.52. The van der Waals surface area contributed by atoms with Gasteiger partial charge in [0.25, 0.3) is 0 Å². The van der Waals surface area contributed by atoms with Crippen LogP contribution in [-0.2, 0) is 6.54 Å². The van der Waals surface area contributed by atoms with Crippen LogP contribution >= 0.6 is 0 Å². The van der Waals surface area contributed by atoms with E-state index in [0.717, 1.165) is 24.0 Å². The Labute approximate surface area is 90.5 Å². The summed E-state index contributed by atoms with van der Waals surface area (Å²) in [6, 6.07) is 0. The van der Waals surface area contributed by atoms with Crippen LogP contribution in [0.1, 0.15) is 25.0 Å². The zero-order chi connectivity index (χ0) is 10.7. The van der Waals surface area contributed by atoms with Gasteiger partial charge < -0.3 is 10.6 Å². The van der Waals surface area contributed by atoms with E-state index in [4.69, 9.17) is 5.73 Å². The van der Waals surface area contributed by atoms with Crippen LogP contribution in [0.4, 0.5) is 5.82 Å². The Balaban J connectivity index is 2.05. The van der Waals surface area contributed by atoms with Crippen molar-refractivity contribution < 1.29 is 0 Å². The zero-order valence-corrected chi connectivity index (χ0v) is 9.19. The van der Waals surface area contributed by atoms with Crippen molar-refractivity contribution in [2.24, 2.45) is 11.7 Å². The van der Waals surface area contributed by atoms with Gasteiger partial charge in [-0.05, 0) is 18.8 Å². The van der Waals surface area contributed by atoms with E-state index >= 15 is 0 Å². The maximum Gasteiger partial charge on any atom is 0.151 e. The Kier molecular flexibility index (Phi) is 3.16. The monoisotopic (exact) mass is 206 g/mol. The van der Waals surface area contributed by atoms with E-state index in [0.29, 0.717) is 6.54 Å². The molecule has 1 fully saturated rings. The number of anilines is 1. The third-order valence-corrected chi connectivity index (χ3v) is 3.06. The van der Waals surface area contributed by atoms with Crippen molar-refractivity contribution in [2.45, 2.75) is 25.8 Å². The fraction of sp³-hybridized carbons (Fsp3) is 0.636. The lowest BCUT2D eigenvalue weighted by molar-refractivity contribution is 0.321. The molecule has 0 saturated heterocycles. The minimum absolute atomic E-state index is 0.457.